The summed E-state index contributed by atoms with van der Waals surface area (Å²) in [5, 5.41) is 2.69. The molecule has 110 valence electrons. The molecule has 0 aliphatic rings. The summed E-state index contributed by atoms with van der Waals surface area (Å²) in [6, 6.07) is 9.38. The molecule has 1 amide bonds. The number of hydrogen-bond acceptors (Lipinski definition) is 2. The Balaban J connectivity index is 2.28. The van der Waals surface area contributed by atoms with Crippen molar-refractivity contribution in [3.63, 3.8) is 0 Å². The second kappa shape index (κ2) is 5.85. The van der Waals surface area contributed by atoms with Gasteiger partial charge in [0, 0.05) is 10.7 Å². The lowest BCUT2D eigenvalue weighted by molar-refractivity contribution is -0.120. The van der Waals surface area contributed by atoms with E-state index in [9.17, 15) is 9.59 Å². The molecule has 2 aromatic rings. The predicted octanol–water partition coefficient (Wildman–Crippen LogP) is 3.36. The van der Waals surface area contributed by atoms with Crippen LogP contribution in [0.15, 0.2) is 45.8 Å². The van der Waals surface area contributed by atoms with Gasteiger partial charge >= 0.3 is 0 Å². The van der Waals surface area contributed by atoms with E-state index in [1.54, 1.807) is 6.07 Å². The third kappa shape index (κ3) is 3.42. The predicted molar refractivity (Wildman–Crippen MR) is 87.6 cm³/mol. The molecule has 1 heterocycles. The fourth-order valence-electron chi connectivity index (χ4n) is 1.93. The zero-order valence-corrected chi connectivity index (χ0v) is 13.7. The summed E-state index contributed by atoms with van der Waals surface area (Å²) >= 11 is 3.27. The van der Waals surface area contributed by atoms with Gasteiger partial charge in [-0.05, 0) is 48.3 Å². The van der Waals surface area contributed by atoms with Crippen LogP contribution in [0, 0.1) is 6.92 Å². The van der Waals surface area contributed by atoms with Crippen LogP contribution >= 0.6 is 15.9 Å². The maximum atomic E-state index is 12.5. The normalized spacial score (nSPS) is 11.2. The van der Waals surface area contributed by atoms with Crippen LogP contribution < -0.4 is 10.9 Å². The fraction of sp³-hybridized carbons (Fsp3) is 0.250. The maximum absolute atomic E-state index is 12.5. The first-order valence-corrected chi connectivity index (χ1v) is 7.37. The van der Waals surface area contributed by atoms with E-state index >= 15 is 0 Å². The van der Waals surface area contributed by atoms with Crippen LogP contribution in [0.25, 0.3) is 0 Å². The number of aromatic amines is 1. The average molecular weight is 349 g/mol. The van der Waals surface area contributed by atoms with Gasteiger partial charge in [-0.2, -0.15) is 0 Å². The number of carbonyl (C=O) groups is 1. The average Bonchev–Trinajstić information content (AvgIpc) is 2.43. The Morgan fingerprint density at radius 3 is 2.48 bits per heavy atom. The quantitative estimate of drug-likeness (QED) is 0.893. The number of anilines is 1. The topological polar surface area (TPSA) is 62.0 Å². The molecular formula is C16H17BrN2O2. The second-order valence-corrected chi connectivity index (χ2v) is 6.42. The minimum absolute atomic E-state index is 0.227. The molecule has 0 fully saturated rings. The van der Waals surface area contributed by atoms with Crippen molar-refractivity contribution in [1.29, 1.82) is 0 Å². The summed E-state index contributed by atoms with van der Waals surface area (Å²) in [6.45, 7) is 5.66. The molecule has 21 heavy (non-hydrogen) atoms. The molecule has 0 atom stereocenters. The van der Waals surface area contributed by atoms with Crippen LogP contribution in [0.4, 0.5) is 5.69 Å². The zero-order valence-electron chi connectivity index (χ0n) is 12.2. The molecule has 0 saturated heterocycles. The van der Waals surface area contributed by atoms with Gasteiger partial charge in [0.05, 0.1) is 5.41 Å². The number of aryl methyl sites for hydroxylation is 1. The molecule has 5 heteroatoms. The number of halogens is 1. The number of rotatable bonds is 3. The third-order valence-corrected chi connectivity index (χ3v) is 3.91. The van der Waals surface area contributed by atoms with Gasteiger partial charge in [0.15, 0.2) is 0 Å². The molecule has 0 saturated carbocycles. The van der Waals surface area contributed by atoms with Gasteiger partial charge < -0.3 is 10.3 Å². The fourth-order valence-corrected chi connectivity index (χ4v) is 2.27. The van der Waals surface area contributed by atoms with Crippen molar-refractivity contribution < 1.29 is 4.79 Å². The summed E-state index contributed by atoms with van der Waals surface area (Å²) in [4.78, 5) is 26.8. The number of aromatic nitrogens is 1. The lowest BCUT2D eigenvalue weighted by Crippen LogP contribution is -2.36. The van der Waals surface area contributed by atoms with Crippen LogP contribution in [-0.4, -0.2) is 10.9 Å². The SMILES string of the molecule is Cc1ccc(C(C)(C)C(=O)Nc2cc(Br)c[nH]c2=O)cc1. The van der Waals surface area contributed by atoms with Gasteiger partial charge in [0.2, 0.25) is 5.91 Å². The first-order chi connectivity index (χ1) is 9.80. The summed E-state index contributed by atoms with van der Waals surface area (Å²) in [5.74, 6) is -0.227. The Labute approximate surface area is 131 Å². The van der Waals surface area contributed by atoms with Crippen molar-refractivity contribution in [2.24, 2.45) is 0 Å². The van der Waals surface area contributed by atoms with Crippen molar-refractivity contribution in [3.8, 4) is 0 Å². The maximum Gasteiger partial charge on any atom is 0.271 e. The molecular weight excluding hydrogens is 332 g/mol. The molecule has 2 rings (SSSR count). The minimum Gasteiger partial charge on any atom is -0.326 e. The van der Waals surface area contributed by atoms with E-state index in [2.05, 4.69) is 26.2 Å². The molecule has 1 aromatic heterocycles. The number of carbonyl (C=O) groups excluding carboxylic acids is 1. The standard InChI is InChI=1S/C16H17BrN2O2/c1-10-4-6-11(7-5-10)16(2,3)15(21)19-13-8-12(17)9-18-14(13)20/h4-9H,1-3H3,(H,18,20)(H,19,21). The minimum atomic E-state index is -0.734. The molecule has 0 unspecified atom stereocenters. The van der Waals surface area contributed by atoms with Crippen LogP contribution in [0.1, 0.15) is 25.0 Å². The summed E-state index contributed by atoms with van der Waals surface area (Å²) in [7, 11) is 0. The Bertz CT molecular complexity index is 718. The number of H-pyrrole nitrogens is 1. The van der Waals surface area contributed by atoms with E-state index in [0.29, 0.717) is 4.47 Å². The molecule has 0 aliphatic carbocycles. The third-order valence-electron chi connectivity index (χ3n) is 3.46. The number of pyridine rings is 1. The highest BCUT2D eigenvalue weighted by molar-refractivity contribution is 9.10. The van der Waals surface area contributed by atoms with E-state index in [0.717, 1.165) is 11.1 Å². The zero-order chi connectivity index (χ0) is 15.6. The van der Waals surface area contributed by atoms with E-state index in [1.165, 1.54) is 6.20 Å². The Kier molecular flexibility index (Phi) is 4.32. The van der Waals surface area contributed by atoms with Gasteiger partial charge in [0.25, 0.3) is 5.56 Å². The Morgan fingerprint density at radius 1 is 1.24 bits per heavy atom. The number of benzene rings is 1. The van der Waals surface area contributed by atoms with E-state index in [1.807, 2.05) is 45.0 Å². The van der Waals surface area contributed by atoms with Crippen molar-refractivity contribution in [3.05, 3.63) is 62.5 Å². The highest BCUT2D eigenvalue weighted by Gasteiger charge is 2.30. The summed E-state index contributed by atoms with van der Waals surface area (Å²) < 4.78 is 0.700. The van der Waals surface area contributed by atoms with E-state index in [4.69, 9.17) is 0 Å². The van der Waals surface area contributed by atoms with Crippen LogP contribution in [0.5, 0.6) is 0 Å². The van der Waals surface area contributed by atoms with Gasteiger partial charge in [-0.1, -0.05) is 29.8 Å². The Hall–Kier alpha value is -1.88. The van der Waals surface area contributed by atoms with Gasteiger partial charge in [-0.15, -0.1) is 0 Å². The van der Waals surface area contributed by atoms with Crippen molar-refractivity contribution in [2.45, 2.75) is 26.2 Å². The molecule has 4 nitrogen and oxygen atoms in total. The number of amides is 1. The molecule has 0 radical (unpaired) electrons. The van der Waals surface area contributed by atoms with Gasteiger partial charge in [0.1, 0.15) is 5.69 Å². The molecule has 2 N–H and O–H groups in total. The lowest BCUT2D eigenvalue weighted by Gasteiger charge is -2.24. The van der Waals surface area contributed by atoms with Gasteiger partial charge in [-0.25, -0.2) is 0 Å². The van der Waals surface area contributed by atoms with Crippen molar-refractivity contribution in [2.75, 3.05) is 5.32 Å². The second-order valence-electron chi connectivity index (χ2n) is 5.51. The highest BCUT2D eigenvalue weighted by Crippen LogP contribution is 2.25. The Morgan fingerprint density at radius 2 is 1.86 bits per heavy atom. The van der Waals surface area contributed by atoms with Crippen LogP contribution in [0.3, 0.4) is 0 Å². The van der Waals surface area contributed by atoms with Crippen molar-refractivity contribution >= 4 is 27.5 Å². The first kappa shape index (κ1) is 15.5. The lowest BCUT2D eigenvalue weighted by atomic mass is 9.83. The van der Waals surface area contributed by atoms with Crippen LogP contribution in [-0.2, 0) is 10.2 Å². The largest absolute Gasteiger partial charge is 0.326 e. The van der Waals surface area contributed by atoms with E-state index in [-0.39, 0.29) is 17.2 Å². The monoisotopic (exact) mass is 348 g/mol. The number of hydrogen-bond donors (Lipinski definition) is 2. The number of nitrogens with one attached hydrogen (secondary N) is 2. The molecule has 0 spiro atoms. The molecule has 0 aliphatic heterocycles. The van der Waals surface area contributed by atoms with Gasteiger partial charge in [-0.3, -0.25) is 9.59 Å². The van der Waals surface area contributed by atoms with Crippen molar-refractivity contribution in [1.82, 2.24) is 4.98 Å². The van der Waals surface area contributed by atoms with E-state index < -0.39 is 5.41 Å². The summed E-state index contributed by atoms with van der Waals surface area (Å²) in [5.41, 5.74) is 1.21. The highest BCUT2D eigenvalue weighted by atomic mass is 79.9. The van der Waals surface area contributed by atoms with Crippen LogP contribution in [0.2, 0.25) is 0 Å². The molecule has 0 bridgehead atoms. The summed E-state index contributed by atoms with van der Waals surface area (Å²) in [6.07, 6.45) is 1.53. The molecule has 1 aromatic carbocycles. The smallest absolute Gasteiger partial charge is 0.271 e. The first-order valence-electron chi connectivity index (χ1n) is 6.57.